The normalized spacial score (nSPS) is 36.1. The van der Waals surface area contributed by atoms with Gasteiger partial charge >= 0.3 is 5.97 Å². The zero-order chi connectivity index (χ0) is 20.8. The molecular formula is C19H27BrN2O6. The third-order valence-electron chi connectivity index (χ3n) is 6.10. The zero-order valence-corrected chi connectivity index (χ0v) is 17.7. The van der Waals surface area contributed by atoms with E-state index in [9.17, 15) is 24.6 Å². The Kier molecular flexibility index (Phi) is 5.89. The molecule has 3 heterocycles. The molecule has 8 nitrogen and oxygen atoms in total. The van der Waals surface area contributed by atoms with Crippen LogP contribution in [0.25, 0.3) is 0 Å². The van der Waals surface area contributed by atoms with E-state index in [1.807, 2.05) is 13.8 Å². The summed E-state index contributed by atoms with van der Waals surface area (Å²) in [6.07, 6.45) is 1.68. The quantitative estimate of drug-likeness (QED) is 0.407. The van der Waals surface area contributed by atoms with Crippen molar-refractivity contribution in [3.8, 4) is 0 Å². The number of carboxylic acids is 1. The maximum atomic E-state index is 13.6. The van der Waals surface area contributed by atoms with E-state index in [2.05, 4.69) is 22.5 Å². The van der Waals surface area contributed by atoms with Crippen LogP contribution in [0, 0.1) is 11.8 Å². The number of nitrogens with zero attached hydrogens (tertiary/aromatic N) is 2. The Balaban J connectivity index is 2.06. The average molecular weight is 459 g/mol. The van der Waals surface area contributed by atoms with Gasteiger partial charge in [0.1, 0.15) is 11.6 Å². The molecule has 0 saturated carbocycles. The number of alkyl halides is 1. The molecule has 28 heavy (non-hydrogen) atoms. The first-order chi connectivity index (χ1) is 13.2. The Morgan fingerprint density at radius 2 is 2.18 bits per heavy atom. The van der Waals surface area contributed by atoms with Gasteiger partial charge in [0.2, 0.25) is 11.8 Å². The van der Waals surface area contributed by atoms with Crippen molar-refractivity contribution in [1.29, 1.82) is 0 Å². The summed E-state index contributed by atoms with van der Waals surface area (Å²) in [5.41, 5.74) is -1.17. The minimum atomic E-state index is -1.17. The second-order valence-corrected chi connectivity index (χ2v) is 9.16. The van der Waals surface area contributed by atoms with E-state index in [4.69, 9.17) is 4.74 Å². The number of halogens is 1. The van der Waals surface area contributed by atoms with E-state index in [0.29, 0.717) is 19.4 Å². The molecule has 3 rings (SSSR count). The number of fused-ring (bicyclic) bond motifs is 1. The minimum absolute atomic E-state index is 0.121. The topological polar surface area (TPSA) is 107 Å². The summed E-state index contributed by atoms with van der Waals surface area (Å²) < 4.78 is 6.17. The molecule has 3 saturated heterocycles. The van der Waals surface area contributed by atoms with Gasteiger partial charge < -0.3 is 24.7 Å². The van der Waals surface area contributed by atoms with Crippen LogP contribution in [0.5, 0.6) is 0 Å². The molecule has 3 fully saturated rings. The largest absolute Gasteiger partial charge is 0.481 e. The fourth-order valence-electron chi connectivity index (χ4n) is 5.02. The first kappa shape index (κ1) is 21.3. The summed E-state index contributed by atoms with van der Waals surface area (Å²) in [5, 5.41) is 19.0. The van der Waals surface area contributed by atoms with Gasteiger partial charge in [0.25, 0.3) is 0 Å². The molecular weight excluding hydrogens is 432 g/mol. The zero-order valence-electron chi connectivity index (χ0n) is 16.1. The molecule has 1 spiro atoms. The van der Waals surface area contributed by atoms with Crippen LogP contribution in [0.1, 0.15) is 26.7 Å². The van der Waals surface area contributed by atoms with Crippen molar-refractivity contribution in [1.82, 2.24) is 9.80 Å². The summed E-state index contributed by atoms with van der Waals surface area (Å²) >= 11 is 3.50. The number of carbonyl (C=O) groups excluding carboxylic acids is 2. The number of rotatable bonds is 8. The maximum absolute atomic E-state index is 13.6. The summed E-state index contributed by atoms with van der Waals surface area (Å²) in [7, 11) is 0. The standard InChI is InChI=1S/C19H27BrN2O6/c1-4-6-21(10(2)3)17(25)15-19-9-11(20)14(28-19)12(18(26)27)13(19)16(24)22(15)7-5-8-23/h4,10-15,23H,1,5-9H2,2-3H3,(H,26,27)/t11?,12-,13+,14-,15?,19?/m1/s1. The van der Waals surface area contributed by atoms with Crippen molar-refractivity contribution in [2.24, 2.45) is 11.8 Å². The lowest BCUT2D eigenvalue weighted by molar-refractivity contribution is -0.151. The summed E-state index contributed by atoms with van der Waals surface area (Å²) in [6, 6.07) is -1.03. The van der Waals surface area contributed by atoms with Gasteiger partial charge in [0.05, 0.1) is 17.9 Å². The molecule has 0 aromatic rings. The van der Waals surface area contributed by atoms with Crippen LogP contribution in [0.3, 0.4) is 0 Å². The molecule has 3 unspecified atom stereocenters. The highest BCUT2D eigenvalue weighted by atomic mass is 79.9. The lowest BCUT2D eigenvalue weighted by Gasteiger charge is -2.38. The number of aliphatic hydroxyl groups excluding tert-OH is 1. The number of carbonyl (C=O) groups is 3. The van der Waals surface area contributed by atoms with Gasteiger partial charge in [-0.25, -0.2) is 0 Å². The molecule has 2 amide bonds. The van der Waals surface area contributed by atoms with Crippen LogP contribution >= 0.6 is 15.9 Å². The predicted molar refractivity (Wildman–Crippen MR) is 104 cm³/mol. The molecule has 0 radical (unpaired) electrons. The predicted octanol–water partition coefficient (Wildman–Crippen LogP) is 0.624. The summed E-state index contributed by atoms with van der Waals surface area (Å²) in [6.45, 7) is 7.84. The highest BCUT2D eigenvalue weighted by molar-refractivity contribution is 9.09. The van der Waals surface area contributed by atoms with E-state index in [1.54, 1.807) is 11.0 Å². The number of likely N-dealkylation sites (tertiary alicyclic amines) is 1. The highest BCUT2D eigenvalue weighted by Gasteiger charge is 2.76. The second kappa shape index (κ2) is 7.76. The fourth-order valence-corrected chi connectivity index (χ4v) is 5.97. The Morgan fingerprint density at radius 3 is 2.71 bits per heavy atom. The lowest BCUT2D eigenvalue weighted by atomic mass is 9.70. The van der Waals surface area contributed by atoms with Crippen LogP contribution < -0.4 is 0 Å². The summed E-state index contributed by atoms with van der Waals surface area (Å²) in [4.78, 5) is 41.6. The molecule has 3 aliphatic heterocycles. The van der Waals surface area contributed by atoms with Crippen molar-refractivity contribution in [2.45, 2.75) is 55.3 Å². The van der Waals surface area contributed by atoms with Gasteiger partial charge in [0, 0.05) is 30.6 Å². The van der Waals surface area contributed by atoms with Crippen LogP contribution in [-0.2, 0) is 19.1 Å². The van der Waals surface area contributed by atoms with Crippen molar-refractivity contribution in [3.63, 3.8) is 0 Å². The summed E-state index contributed by atoms with van der Waals surface area (Å²) in [5.74, 6) is -3.61. The molecule has 156 valence electrons. The lowest BCUT2D eigenvalue weighted by Crippen LogP contribution is -2.58. The third-order valence-corrected chi connectivity index (χ3v) is 6.94. The van der Waals surface area contributed by atoms with Crippen molar-refractivity contribution in [3.05, 3.63) is 12.7 Å². The van der Waals surface area contributed by atoms with Gasteiger partial charge in [-0.2, -0.15) is 0 Å². The Labute approximate surface area is 172 Å². The molecule has 2 bridgehead atoms. The number of hydrogen-bond acceptors (Lipinski definition) is 5. The monoisotopic (exact) mass is 458 g/mol. The van der Waals surface area contributed by atoms with Crippen LogP contribution in [0.15, 0.2) is 12.7 Å². The van der Waals surface area contributed by atoms with Gasteiger partial charge in [0.15, 0.2) is 0 Å². The SMILES string of the molecule is C=CCN(C(=O)C1N(CCCO)C(=O)[C@@H]2[C@@H](C(=O)O)[C@@H]3OC12CC3Br)C(C)C. The molecule has 6 atom stereocenters. The van der Waals surface area contributed by atoms with Crippen molar-refractivity contribution in [2.75, 3.05) is 19.7 Å². The van der Waals surface area contributed by atoms with Crippen molar-refractivity contribution >= 4 is 33.7 Å². The fraction of sp³-hybridized carbons (Fsp3) is 0.737. The molecule has 0 aromatic heterocycles. The molecule has 2 N–H and O–H groups in total. The molecule has 3 aliphatic rings. The van der Waals surface area contributed by atoms with E-state index in [1.165, 1.54) is 4.90 Å². The van der Waals surface area contributed by atoms with Crippen LogP contribution in [-0.4, -0.2) is 86.1 Å². The Bertz CT molecular complexity index is 685. The number of ether oxygens (including phenoxy) is 1. The van der Waals surface area contributed by atoms with Gasteiger partial charge in [-0.05, 0) is 26.7 Å². The van der Waals surface area contributed by atoms with Gasteiger partial charge in [-0.1, -0.05) is 22.0 Å². The van der Waals surface area contributed by atoms with E-state index in [0.717, 1.165) is 0 Å². The van der Waals surface area contributed by atoms with Crippen molar-refractivity contribution < 1.29 is 29.3 Å². The van der Waals surface area contributed by atoms with Gasteiger partial charge in [-0.15, -0.1) is 6.58 Å². The maximum Gasteiger partial charge on any atom is 0.310 e. The molecule has 9 heteroatoms. The minimum Gasteiger partial charge on any atom is -0.481 e. The second-order valence-electron chi connectivity index (χ2n) is 7.98. The Morgan fingerprint density at radius 1 is 1.50 bits per heavy atom. The number of hydrogen-bond donors (Lipinski definition) is 2. The first-order valence-electron chi connectivity index (χ1n) is 9.58. The number of aliphatic hydroxyl groups is 1. The van der Waals surface area contributed by atoms with E-state index < -0.39 is 35.6 Å². The molecule has 0 aromatic carbocycles. The average Bonchev–Trinajstić information content (AvgIpc) is 3.20. The first-order valence-corrected chi connectivity index (χ1v) is 10.5. The van der Waals surface area contributed by atoms with Crippen LogP contribution in [0.2, 0.25) is 0 Å². The van der Waals surface area contributed by atoms with E-state index in [-0.39, 0.29) is 35.8 Å². The van der Waals surface area contributed by atoms with E-state index >= 15 is 0 Å². The third kappa shape index (κ3) is 2.98. The molecule has 0 aliphatic carbocycles. The number of aliphatic carboxylic acids is 1. The highest BCUT2D eigenvalue weighted by Crippen LogP contribution is 2.60. The smallest absolute Gasteiger partial charge is 0.310 e. The van der Waals surface area contributed by atoms with Crippen LogP contribution in [0.4, 0.5) is 0 Å². The Hall–Kier alpha value is -1.45. The number of carboxylic acid groups (broad SMARTS) is 1. The van der Waals surface area contributed by atoms with Gasteiger partial charge in [-0.3, -0.25) is 14.4 Å². The number of amides is 2.